The Morgan fingerprint density at radius 2 is 2.04 bits per heavy atom. The maximum Gasteiger partial charge on any atom is 0.269 e. The average Bonchev–Trinajstić information content (AvgIpc) is 3.07. The molecule has 0 spiro atoms. The highest BCUT2D eigenvalue weighted by molar-refractivity contribution is 9.10. The van der Waals surface area contributed by atoms with Crippen LogP contribution in [0.4, 0.5) is 11.4 Å². The molecule has 0 atom stereocenters. The van der Waals surface area contributed by atoms with Gasteiger partial charge in [-0.3, -0.25) is 14.9 Å². The van der Waals surface area contributed by atoms with E-state index in [0.29, 0.717) is 16.4 Å². The van der Waals surface area contributed by atoms with Gasteiger partial charge < -0.3 is 9.88 Å². The topological polar surface area (TPSA) is 103 Å². The van der Waals surface area contributed by atoms with Crippen LogP contribution in [0.5, 0.6) is 0 Å². The lowest BCUT2D eigenvalue weighted by Gasteiger charge is -2.10. The summed E-state index contributed by atoms with van der Waals surface area (Å²) in [6, 6.07) is 11.5. The van der Waals surface area contributed by atoms with E-state index in [9.17, 15) is 14.9 Å². The van der Waals surface area contributed by atoms with Crippen LogP contribution in [0.2, 0.25) is 0 Å². The minimum Gasteiger partial charge on any atom is -0.321 e. The summed E-state index contributed by atoms with van der Waals surface area (Å²) in [5, 5.41) is 22.1. The number of nitro benzene ring substituents is 1. The molecule has 0 saturated heterocycles. The zero-order valence-corrected chi connectivity index (χ0v) is 17.0. The van der Waals surface area contributed by atoms with Crippen molar-refractivity contribution in [2.24, 2.45) is 7.05 Å². The SMILES string of the molecule is Cn1cnnc1Sc1ccc(Br)cc1NC(=O)/C=C/c1ccc([N+](=O)[O-])cc1. The molecule has 0 bridgehead atoms. The lowest BCUT2D eigenvalue weighted by atomic mass is 10.2. The average molecular weight is 460 g/mol. The molecule has 0 aliphatic heterocycles. The quantitative estimate of drug-likeness (QED) is 0.335. The fourth-order valence-electron chi connectivity index (χ4n) is 2.21. The molecule has 142 valence electrons. The third-order valence-corrected chi connectivity index (χ3v) is 5.22. The van der Waals surface area contributed by atoms with E-state index in [1.54, 1.807) is 35.2 Å². The molecule has 8 nitrogen and oxygen atoms in total. The maximum absolute atomic E-state index is 12.3. The minimum atomic E-state index is -0.468. The Morgan fingerprint density at radius 1 is 1.29 bits per heavy atom. The van der Waals surface area contributed by atoms with Crippen LogP contribution in [-0.2, 0) is 11.8 Å². The fourth-order valence-corrected chi connectivity index (χ4v) is 3.40. The molecule has 0 aliphatic rings. The number of aromatic nitrogens is 3. The largest absolute Gasteiger partial charge is 0.321 e. The van der Waals surface area contributed by atoms with Crippen molar-refractivity contribution in [1.29, 1.82) is 0 Å². The second-order valence-electron chi connectivity index (χ2n) is 5.64. The Balaban J connectivity index is 1.73. The number of nitro groups is 1. The first-order valence-electron chi connectivity index (χ1n) is 7.97. The number of non-ortho nitro benzene ring substituents is 1. The van der Waals surface area contributed by atoms with Crippen LogP contribution in [0, 0.1) is 10.1 Å². The van der Waals surface area contributed by atoms with Gasteiger partial charge in [0.1, 0.15) is 6.33 Å². The maximum atomic E-state index is 12.3. The molecule has 0 saturated carbocycles. The molecule has 1 aromatic heterocycles. The molecule has 10 heteroatoms. The van der Waals surface area contributed by atoms with Crippen LogP contribution in [0.15, 0.2) is 69.4 Å². The molecule has 0 aliphatic carbocycles. The number of carbonyl (C=O) groups excluding carboxylic acids is 1. The van der Waals surface area contributed by atoms with E-state index in [1.807, 2.05) is 19.2 Å². The summed E-state index contributed by atoms with van der Waals surface area (Å²) >= 11 is 4.79. The Morgan fingerprint density at radius 3 is 2.68 bits per heavy atom. The van der Waals surface area contributed by atoms with E-state index in [-0.39, 0.29) is 11.6 Å². The van der Waals surface area contributed by atoms with Gasteiger partial charge in [0, 0.05) is 34.6 Å². The van der Waals surface area contributed by atoms with Crippen molar-refractivity contribution in [3.05, 3.63) is 75.0 Å². The van der Waals surface area contributed by atoms with E-state index in [1.165, 1.54) is 30.0 Å². The zero-order valence-electron chi connectivity index (χ0n) is 14.6. The van der Waals surface area contributed by atoms with Crippen molar-refractivity contribution in [2.45, 2.75) is 10.1 Å². The predicted molar refractivity (Wildman–Crippen MR) is 110 cm³/mol. The molecular formula is C18H14BrN5O3S. The Hall–Kier alpha value is -2.98. The van der Waals surface area contributed by atoms with Crippen molar-refractivity contribution in [3.8, 4) is 0 Å². The van der Waals surface area contributed by atoms with E-state index in [0.717, 1.165) is 9.37 Å². The predicted octanol–water partition coefficient (Wildman–Crippen LogP) is 4.29. The Kier molecular flexibility index (Phi) is 6.22. The normalized spacial score (nSPS) is 10.9. The zero-order chi connectivity index (χ0) is 20.1. The number of rotatable bonds is 6. The van der Waals surface area contributed by atoms with Gasteiger partial charge in [-0.05, 0) is 53.7 Å². The standard InChI is InChI=1S/C18H14BrN5O3S/c1-23-11-20-22-18(23)28-16-8-5-13(19)10-15(16)21-17(25)9-4-12-2-6-14(7-3-12)24(26)27/h2-11H,1H3,(H,21,25)/b9-4+. The molecule has 0 unspecified atom stereocenters. The summed E-state index contributed by atoms with van der Waals surface area (Å²) in [7, 11) is 1.84. The number of hydrogen-bond acceptors (Lipinski definition) is 6. The molecule has 0 fully saturated rings. The second kappa shape index (κ2) is 8.81. The number of hydrogen-bond donors (Lipinski definition) is 1. The van der Waals surface area contributed by atoms with Crippen LogP contribution in [0.25, 0.3) is 6.08 Å². The van der Waals surface area contributed by atoms with Crippen LogP contribution in [-0.4, -0.2) is 25.6 Å². The third kappa shape index (κ3) is 5.05. The number of halogens is 1. The fraction of sp³-hybridized carbons (Fsp3) is 0.0556. The number of aryl methyl sites for hydroxylation is 1. The van der Waals surface area contributed by atoms with Gasteiger partial charge in [0.05, 0.1) is 10.6 Å². The summed E-state index contributed by atoms with van der Waals surface area (Å²) in [4.78, 5) is 23.4. The van der Waals surface area contributed by atoms with Gasteiger partial charge in [0.2, 0.25) is 5.91 Å². The molecular weight excluding hydrogens is 446 g/mol. The van der Waals surface area contributed by atoms with Crippen molar-refractivity contribution >= 4 is 51.0 Å². The van der Waals surface area contributed by atoms with E-state index >= 15 is 0 Å². The van der Waals surface area contributed by atoms with Gasteiger partial charge in [-0.25, -0.2) is 0 Å². The summed E-state index contributed by atoms with van der Waals surface area (Å²) in [6.45, 7) is 0. The smallest absolute Gasteiger partial charge is 0.269 e. The van der Waals surface area contributed by atoms with Gasteiger partial charge in [-0.15, -0.1) is 10.2 Å². The summed E-state index contributed by atoms with van der Waals surface area (Å²) in [6.07, 6.45) is 4.57. The van der Waals surface area contributed by atoms with E-state index in [4.69, 9.17) is 0 Å². The molecule has 0 radical (unpaired) electrons. The van der Waals surface area contributed by atoms with Crippen LogP contribution >= 0.6 is 27.7 Å². The molecule has 3 rings (SSSR count). The van der Waals surface area contributed by atoms with E-state index < -0.39 is 4.92 Å². The van der Waals surface area contributed by atoms with Gasteiger partial charge in [-0.2, -0.15) is 0 Å². The monoisotopic (exact) mass is 459 g/mol. The molecule has 28 heavy (non-hydrogen) atoms. The first-order chi connectivity index (χ1) is 13.4. The molecule has 2 aromatic carbocycles. The summed E-state index contributed by atoms with van der Waals surface area (Å²) in [5.74, 6) is -0.323. The van der Waals surface area contributed by atoms with Gasteiger partial charge in [0.15, 0.2) is 5.16 Å². The van der Waals surface area contributed by atoms with Gasteiger partial charge in [-0.1, -0.05) is 15.9 Å². The number of carbonyl (C=O) groups is 1. The highest BCUT2D eigenvalue weighted by Gasteiger charge is 2.11. The molecule has 1 N–H and O–H groups in total. The summed E-state index contributed by atoms with van der Waals surface area (Å²) in [5.41, 5.74) is 1.31. The Labute approximate surface area is 172 Å². The number of benzene rings is 2. The lowest BCUT2D eigenvalue weighted by molar-refractivity contribution is -0.384. The van der Waals surface area contributed by atoms with Crippen molar-refractivity contribution in [2.75, 3.05) is 5.32 Å². The lowest BCUT2D eigenvalue weighted by Crippen LogP contribution is -2.08. The molecule has 1 amide bonds. The van der Waals surface area contributed by atoms with Crippen LogP contribution in [0.1, 0.15) is 5.56 Å². The van der Waals surface area contributed by atoms with Crippen LogP contribution < -0.4 is 5.32 Å². The van der Waals surface area contributed by atoms with Gasteiger partial charge in [0.25, 0.3) is 5.69 Å². The minimum absolute atomic E-state index is 0.00109. The second-order valence-corrected chi connectivity index (χ2v) is 7.56. The van der Waals surface area contributed by atoms with Crippen molar-refractivity contribution in [3.63, 3.8) is 0 Å². The molecule has 1 heterocycles. The number of nitrogens with zero attached hydrogens (tertiary/aromatic N) is 4. The van der Waals surface area contributed by atoms with Crippen LogP contribution in [0.3, 0.4) is 0 Å². The molecule has 3 aromatic rings. The Bertz CT molecular complexity index is 1050. The van der Waals surface area contributed by atoms with Crippen molar-refractivity contribution < 1.29 is 9.72 Å². The number of amides is 1. The third-order valence-electron chi connectivity index (χ3n) is 3.60. The number of anilines is 1. The first-order valence-corrected chi connectivity index (χ1v) is 9.58. The van der Waals surface area contributed by atoms with Gasteiger partial charge >= 0.3 is 0 Å². The summed E-state index contributed by atoms with van der Waals surface area (Å²) < 4.78 is 2.61. The van der Waals surface area contributed by atoms with E-state index in [2.05, 4.69) is 31.4 Å². The highest BCUT2D eigenvalue weighted by Crippen LogP contribution is 2.34. The number of nitrogens with one attached hydrogen (secondary N) is 1. The first kappa shape index (κ1) is 19.8. The highest BCUT2D eigenvalue weighted by atomic mass is 79.9. The van der Waals surface area contributed by atoms with Crippen molar-refractivity contribution in [1.82, 2.24) is 14.8 Å².